The zero-order valence-corrected chi connectivity index (χ0v) is 26.7. The van der Waals surface area contributed by atoms with E-state index in [1.54, 1.807) is 24.3 Å². The molecule has 0 radical (unpaired) electrons. The van der Waals surface area contributed by atoms with Gasteiger partial charge in [0.25, 0.3) is 5.91 Å². The number of carbonyl (C=O) groups is 5. The van der Waals surface area contributed by atoms with E-state index in [1.165, 1.54) is 41.2 Å². The molecule has 3 rings (SSSR count). The Hall–Kier alpha value is -4.98. The van der Waals surface area contributed by atoms with Gasteiger partial charge in [0.1, 0.15) is 30.2 Å². The predicted octanol–water partition coefficient (Wildman–Crippen LogP) is 0.860. The minimum atomic E-state index is -1.17. The second-order valence-corrected chi connectivity index (χ2v) is 11.4. The zero-order valence-electron chi connectivity index (χ0n) is 26.7. The highest BCUT2D eigenvalue weighted by Crippen LogP contribution is 2.20. The first-order chi connectivity index (χ1) is 22.5. The van der Waals surface area contributed by atoms with Crippen LogP contribution < -0.4 is 26.8 Å². The number of nitrogens with two attached hydrogens (primary N) is 2. The molecule has 1 heterocycles. The van der Waals surface area contributed by atoms with Gasteiger partial charge < -0.3 is 41.7 Å². The van der Waals surface area contributed by atoms with Gasteiger partial charge in [0, 0.05) is 43.6 Å². The molecule has 0 spiro atoms. The maximum atomic E-state index is 14.2. The van der Waals surface area contributed by atoms with Crippen LogP contribution in [0.2, 0.25) is 0 Å². The number of piperazine rings is 1. The van der Waals surface area contributed by atoms with Crippen molar-refractivity contribution in [1.29, 1.82) is 5.41 Å². The fourth-order valence-corrected chi connectivity index (χ4v) is 5.36. The molecule has 1 fully saturated rings. The Morgan fingerprint density at radius 1 is 1.00 bits per heavy atom. The van der Waals surface area contributed by atoms with Crippen LogP contribution in [0.3, 0.4) is 0 Å². The first-order valence-electron chi connectivity index (χ1n) is 15.7. The van der Waals surface area contributed by atoms with Crippen LogP contribution in [0, 0.1) is 5.41 Å². The SMILES string of the molecule is COc1ccc(CC(NC(=O)c2ccc(C(=N)N)cc2)C(=O)N2CCN(CC(=O)O)C(=O)[C@@H]2CCCNC(=O)CCCCCN)cc1. The molecule has 0 aliphatic carbocycles. The Balaban J connectivity index is 1.80. The Bertz CT molecular complexity index is 1400. The number of hydrogen-bond acceptors (Lipinski definition) is 8. The van der Waals surface area contributed by atoms with Crippen LogP contribution in [-0.2, 0) is 25.6 Å². The van der Waals surface area contributed by atoms with Crippen molar-refractivity contribution in [2.75, 3.05) is 39.8 Å². The quantitative estimate of drug-likeness (QED) is 0.0763. The number of carboxylic acids is 1. The Labute approximate surface area is 274 Å². The largest absolute Gasteiger partial charge is 0.497 e. The van der Waals surface area contributed by atoms with Gasteiger partial charge in [-0.1, -0.05) is 30.7 Å². The Kier molecular flexibility index (Phi) is 14.2. The molecule has 2 aromatic carbocycles. The number of nitrogens with zero attached hydrogens (tertiary/aromatic N) is 2. The van der Waals surface area contributed by atoms with Gasteiger partial charge in [-0.3, -0.25) is 29.4 Å². The summed E-state index contributed by atoms with van der Waals surface area (Å²) in [6, 6.07) is 11.1. The standard InChI is InChI=1S/C33H45N7O7/c1-47-25-14-8-22(9-15-25)20-26(38-31(44)24-12-10-23(11-13-24)30(35)36)32(45)40-19-18-39(21-29(42)43)33(46)27(40)6-5-17-37-28(41)7-3-2-4-16-34/h8-15,26-27H,2-7,16-21,34H2,1H3,(H3,35,36)(H,37,41)(H,38,44)(H,42,43)/t26?,27-/m0/s1. The molecule has 14 nitrogen and oxygen atoms in total. The first-order valence-corrected chi connectivity index (χ1v) is 15.7. The molecule has 1 aliphatic heterocycles. The van der Waals surface area contributed by atoms with Crippen molar-refractivity contribution in [2.24, 2.45) is 11.5 Å². The minimum absolute atomic E-state index is 0.0165. The van der Waals surface area contributed by atoms with Gasteiger partial charge >= 0.3 is 5.97 Å². The molecule has 2 atom stereocenters. The minimum Gasteiger partial charge on any atom is -0.497 e. The molecule has 2 aromatic rings. The third-order valence-corrected chi connectivity index (χ3v) is 7.94. The van der Waals surface area contributed by atoms with Crippen LogP contribution in [0.15, 0.2) is 48.5 Å². The van der Waals surface area contributed by atoms with E-state index in [2.05, 4.69) is 10.6 Å². The summed E-state index contributed by atoms with van der Waals surface area (Å²) >= 11 is 0. The van der Waals surface area contributed by atoms with Gasteiger partial charge in [-0.25, -0.2) is 0 Å². The fourth-order valence-electron chi connectivity index (χ4n) is 5.36. The molecule has 1 unspecified atom stereocenters. The average molecular weight is 652 g/mol. The van der Waals surface area contributed by atoms with Gasteiger partial charge in [0.2, 0.25) is 17.7 Å². The van der Waals surface area contributed by atoms with Gasteiger partial charge in [-0.05, 0) is 62.1 Å². The molecule has 0 bridgehead atoms. The van der Waals surface area contributed by atoms with Gasteiger partial charge in [0.15, 0.2) is 0 Å². The number of benzene rings is 2. The number of amides is 4. The molecule has 0 aromatic heterocycles. The van der Waals surface area contributed by atoms with Crippen molar-refractivity contribution in [1.82, 2.24) is 20.4 Å². The summed E-state index contributed by atoms with van der Waals surface area (Å²) in [5, 5.41) is 22.6. The highest BCUT2D eigenvalue weighted by atomic mass is 16.5. The Morgan fingerprint density at radius 3 is 2.30 bits per heavy atom. The molecule has 47 heavy (non-hydrogen) atoms. The number of rotatable bonds is 18. The molecule has 8 N–H and O–H groups in total. The zero-order chi connectivity index (χ0) is 34.3. The van der Waals surface area contributed by atoms with Crippen molar-refractivity contribution < 1.29 is 33.8 Å². The monoisotopic (exact) mass is 651 g/mol. The number of nitrogen functional groups attached to an aromatic ring is 1. The van der Waals surface area contributed by atoms with E-state index in [4.69, 9.17) is 21.6 Å². The fraction of sp³-hybridized carbons (Fsp3) is 0.455. The third kappa shape index (κ3) is 11.1. The number of aliphatic carboxylic acids is 1. The lowest BCUT2D eigenvalue weighted by atomic mass is 9.99. The second kappa shape index (κ2) is 18.2. The molecule has 14 heteroatoms. The van der Waals surface area contributed by atoms with Crippen molar-refractivity contribution in [3.63, 3.8) is 0 Å². The van der Waals surface area contributed by atoms with Crippen LogP contribution >= 0.6 is 0 Å². The van der Waals surface area contributed by atoms with E-state index >= 15 is 0 Å². The smallest absolute Gasteiger partial charge is 0.323 e. The highest BCUT2D eigenvalue weighted by Gasteiger charge is 2.40. The predicted molar refractivity (Wildman–Crippen MR) is 175 cm³/mol. The van der Waals surface area contributed by atoms with E-state index < -0.39 is 42.3 Å². The summed E-state index contributed by atoms with van der Waals surface area (Å²) in [6.45, 7) is 0.437. The van der Waals surface area contributed by atoms with E-state index in [-0.39, 0.29) is 49.8 Å². The lowest BCUT2D eigenvalue weighted by molar-refractivity contribution is -0.156. The van der Waals surface area contributed by atoms with Gasteiger partial charge in [-0.2, -0.15) is 0 Å². The summed E-state index contributed by atoms with van der Waals surface area (Å²) in [6.07, 6.45) is 3.45. The summed E-state index contributed by atoms with van der Waals surface area (Å²) in [5.74, 6) is -2.34. The number of hydrogen-bond donors (Lipinski definition) is 6. The van der Waals surface area contributed by atoms with Crippen molar-refractivity contribution in [2.45, 2.75) is 57.0 Å². The lowest BCUT2D eigenvalue weighted by Gasteiger charge is -2.41. The van der Waals surface area contributed by atoms with Crippen LogP contribution in [0.25, 0.3) is 0 Å². The maximum Gasteiger partial charge on any atom is 0.323 e. The molecule has 0 saturated carbocycles. The van der Waals surface area contributed by atoms with Crippen LogP contribution in [0.1, 0.15) is 60.0 Å². The number of carbonyl (C=O) groups excluding carboxylic acids is 4. The normalized spacial score (nSPS) is 15.1. The molecular weight excluding hydrogens is 606 g/mol. The van der Waals surface area contributed by atoms with Gasteiger partial charge in [0.05, 0.1) is 7.11 Å². The second-order valence-electron chi connectivity index (χ2n) is 11.4. The molecular formula is C33H45N7O7. The summed E-state index contributed by atoms with van der Waals surface area (Å²) in [7, 11) is 1.54. The molecule has 4 amide bonds. The number of nitrogens with one attached hydrogen (secondary N) is 3. The topological polar surface area (TPSA) is 221 Å². The van der Waals surface area contributed by atoms with E-state index in [1.807, 2.05) is 0 Å². The number of methoxy groups -OCH3 is 1. The molecule has 254 valence electrons. The van der Waals surface area contributed by atoms with Crippen LogP contribution in [0.4, 0.5) is 0 Å². The first kappa shape index (κ1) is 36.5. The summed E-state index contributed by atoms with van der Waals surface area (Å²) < 4.78 is 5.24. The van der Waals surface area contributed by atoms with Crippen LogP contribution in [-0.4, -0.2) is 102 Å². The third-order valence-electron chi connectivity index (χ3n) is 7.94. The van der Waals surface area contributed by atoms with E-state index in [0.717, 1.165) is 24.8 Å². The molecule has 1 saturated heterocycles. The van der Waals surface area contributed by atoms with E-state index in [0.29, 0.717) is 30.7 Å². The van der Waals surface area contributed by atoms with Crippen molar-refractivity contribution in [3.05, 3.63) is 65.2 Å². The summed E-state index contributed by atoms with van der Waals surface area (Å²) in [5.41, 5.74) is 12.5. The maximum absolute atomic E-state index is 14.2. The van der Waals surface area contributed by atoms with Gasteiger partial charge in [-0.15, -0.1) is 0 Å². The lowest BCUT2D eigenvalue weighted by Crippen LogP contribution is -2.63. The van der Waals surface area contributed by atoms with Crippen LogP contribution in [0.5, 0.6) is 5.75 Å². The number of amidine groups is 1. The molecule has 1 aliphatic rings. The Morgan fingerprint density at radius 2 is 1.68 bits per heavy atom. The number of unbranched alkanes of at least 4 members (excludes halogenated alkanes) is 2. The van der Waals surface area contributed by atoms with Crippen molar-refractivity contribution >= 4 is 35.4 Å². The highest BCUT2D eigenvalue weighted by molar-refractivity contribution is 6.00. The number of carboxylic acid groups (broad SMARTS) is 1. The number of ether oxygens (including phenoxy) is 1. The summed E-state index contributed by atoms with van der Waals surface area (Å²) in [4.78, 5) is 67.4. The average Bonchev–Trinajstić information content (AvgIpc) is 3.06. The van der Waals surface area contributed by atoms with E-state index in [9.17, 15) is 29.1 Å². The van der Waals surface area contributed by atoms with Crippen molar-refractivity contribution in [3.8, 4) is 5.75 Å².